The third-order valence-electron chi connectivity index (χ3n) is 5.37. The molecule has 0 aliphatic rings. The third-order valence-corrected chi connectivity index (χ3v) is 5.37. The summed E-state index contributed by atoms with van der Waals surface area (Å²) in [5, 5.41) is 29.4. The molecule has 0 aromatic heterocycles. The number of azo groups is 1. The van der Waals surface area contributed by atoms with Crippen LogP contribution in [0.5, 0.6) is 0 Å². The van der Waals surface area contributed by atoms with Crippen molar-refractivity contribution in [1.29, 1.82) is 10.5 Å². The van der Waals surface area contributed by atoms with Gasteiger partial charge in [0.05, 0.1) is 23.6 Å². The van der Waals surface area contributed by atoms with Crippen LogP contribution in [0.3, 0.4) is 0 Å². The maximum atomic E-state index is 10.1. The Morgan fingerprint density at radius 3 is 1.50 bits per heavy atom. The topological polar surface area (TPSA) is 72.3 Å². The highest BCUT2D eigenvalue weighted by atomic mass is 15.2. The molecule has 26 heavy (non-hydrogen) atoms. The Kier molecular flexibility index (Phi) is 9.50. The molecule has 0 aromatic rings. The summed E-state index contributed by atoms with van der Waals surface area (Å²) in [7, 11) is 0. The molecule has 3 unspecified atom stereocenters. The summed E-state index contributed by atoms with van der Waals surface area (Å²) in [4.78, 5) is 0. The standard InChI is InChI=1S/C22H40N4/c1-15(2)11-21(13-23,18(7)8)20(17(5)6)25-26-22(14-24,19(9)10)12-16(3)4/h15-20H,11-12H2,1-10H3. The first-order valence-corrected chi connectivity index (χ1v) is 10.1. The van der Waals surface area contributed by atoms with Gasteiger partial charge in [-0.05, 0) is 42.4 Å². The van der Waals surface area contributed by atoms with Gasteiger partial charge in [-0.15, -0.1) is 0 Å². The second kappa shape index (κ2) is 10.1. The van der Waals surface area contributed by atoms with Crippen LogP contribution >= 0.6 is 0 Å². The quantitative estimate of drug-likeness (QED) is 0.409. The van der Waals surface area contributed by atoms with Crippen LogP contribution in [0.4, 0.5) is 0 Å². The molecule has 0 saturated carbocycles. The van der Waals surface area contributed by atoms with E-state index in [2.05, 4.69) is 72.6 Å². The van der Waals surface area contributed by atoms with Crippen molar-refractivity contribution in [1.82, 2.24) is 0 Å². The molecule has 0 fully saturated rings. The summed E-state index contributed by atoms with van der Waals surface area (Å²) in [6.07, 6.45) is 1.47. The molecule has 4 nitrogen and oxygen atoms in total. The van der Waals surface area contributed by atoms with Crippen molar-refractivity contribution in [2.24, 2.45) is 45.2 Å². The van der Waals surface area contributed by atoms with Gasteiger partial charge in [0.2, 0.25) is 0 Å². The van der Waals surface area contributed by atoms with E-state index >= 15 is 0 Å². The molecule has 0 heterocycles. The summed E-state index contributed by atoms with van der Waals surface area (Å²) in [6.45, 7) is 21.0. The SMILES string of the molecule is CC(C)CC(C#N)(N=NC(C(C)C)C(C#N)(CC(C)C)C(C)C)C(C)C. The molecule has 0 rings (SSSR count). The Morgan fingerprint density at radius 2 is 1.23 bits per heavy atom. The third kappa shape index (κ3) is 5.80. The number of nitriles is 2. The van der Waals surface area contributed by atoms with Gasteiger partial charge in [0.15, 0.2) is 5.54 Å². The zero-order chi connectivity index (χ0) is 20.7. The fraction of sp³-hybridized carbons (Fsp3) is 0.909. The van der Waals surface area contributed by atoms with Crippen LogP contribution in [0.2, 0.25) is 0 Å². The van der Waals surface area contributed by atoms with Crippen LogP contribution < -0.4 is 0 Å². The van der Waals surface area contributed by atoms with Gasteiger partial charge in [0.25, 0.3) is 0 Å². The lowest BCUT2D eigenvalue weighted by Crippen LogP contribution is -2.42. The minimum absolute atomic E-state index is 0.0760. The molecule has 0 spiro atoms. The van der Waals surface area contributed by atoms with Crippen LogP contribution in [0.1, 0.15) is 82.1 Å². The second-order valence-corrected chi connectivity index (χ2v) is 9.60. The Hall–Kier alpha value is -1.42. The van der Waals surface area contributed by atoms with Gasteiger partial charge in [-0.1, -0.05) is 69.2 Å². The lowest BCUT2D eigenvalue weighted by molar-refractivity contribution is 0.140. The van der Waals surface area contributed by atoms with Crippen molar-refractivity contribution >= 4 is 0 Å². The van der Waals surface area contributed by atoms with E-state index in [-0.39, 0.29) is 23.8 Å². The van der Waals surface area contributed by atoms with E-state index < -0.39 is 11.0 Å². The summed E-state index contributed by atoms with van der Waals surface area (Å²) < 4.78 is 0. The molecule has 0 aliphatic heterocycles. The maximum absolute atomic E-state index is 10.1. The lowest BCUT2D eigenvalue weighted by atomic mass is 9.65. The molecule has 0 aromatic carbocycles. The Bertz CT molecular complexity index is 533. The van der Waals surface area contributed by atoms with E-state index in [1.54, 1.807) is 0 Å². The van der Waals surface area contributed by atoms with E-state index in [1.165, 1.54) is 0 Å². The van der Waals surface area contributed by atoms with Gasteiger partial charge in [-0.2, -0.15) is 20.8 Å². The predicted octanol–water partition coefficient (Wildman–Crippen LogP) is 6.64. The van der Waals surface area contributed by atoms with Crippen LogP contribution in [0.25, 0.3) is 0 Å². The monoisotopic (exact) mass is 360 g/mol. The summed E-state index contributed by atoms with van der Waals surface area (Å²) in [5.41, 5.74) is -1.39. The van der Waals surface area contributed by atoms with Crippen molar-refractivity contribution in [2.75, 3.05) is 0 Å². The Labute approximate surface area is 162 Å². The molecule has 0 aliphatic carbocycles. The molecule has 0 saturated heterocycles. The van der Waals surface area contributed by atoms with Gasteiger partial charge >= 0.3 is 0 Å². The minimum atomic E-state index is -0.822. The van der Waals surface area contributed by atoms with E-state index in [9.17, 15) is 10.5 Å². The number of hydrogen-bond acceptors (Lipinski definition) is 4. The lowest BCUT2D eigenvalue weighted by Gasteiger charge is -2.39. The first-order valence-electron chi connectivity index (χ1n) is 10.1. The molecule has 0 amide bonds. The molecule has 0 bridgehead atoms. The Morgan fingerprint density at radius 1 is 0.731 bits per heavy atom. The smallest absolute Gasteiger partial charge is 0.169 e. The first-order chi connectivity index (χ1) is 11.9. The zero-order valence-electron chi connectivity index (χ0n) is 18.7. The fourth-order valence-corrected chi connectivity index (χ4v) is 3.82. The highest BCUT2D eigenvalue weighted by molar-refractivity contribution is 5.12. The molecule has 4 heteroatoms. The van der Waals surface area contributed by atoms with Crippen LogP contribution in [-0.2, 0) is 0 Å². The van der Waals surface area contributed by atoms with E-state index in [0.717, 1.165) is 6.42 Å². The fourth-order valence-electron chi connectivity index (χ4n) is 3.82. The van der Waals surface area contributed by atoms with E-state index in [0.29, 0.717) is 18.3 Å². The predicted molar refractivity (Wildman–Crippen MR) is 108 cm³/mol. The summed E-state index contributed by atoms with van der Waals surface area (Å²) in [5.74, 6) is 1.18. The van der Waals surface area contributed by atoms with Gasteiger partial charge in [-0.3, -0.25) is 0 Å². The average molecular weight is 361 g/mol. The number of rotatable bonds is 10. The van der Waals surface area contributed by atoms with Gasteiger partial charge < -0.3 is 0 Å². The minimum Gasteiger partial charge on any atom is -0.198 e. The van der Waals surface area contributed by atoms with Gasteiger partial charge in [0.1, 0.15) is 0 Å². The van der Waals surface area contributed by atoms with Crippen molar-refractivity contribution in [3.05, 3.63) is 0 Å². The van der Waals surface area contributed by atoms with Crippen molar-refractivity contribution in [3.63, 3.8) is 0 Å². The van der Waals surface area contributed by atoms with Crippen molar-refractivity contribution in [3.8, 4) is 12.1 Å². The molecule has 0 radical (unpaired) electrons. The number of hydrogen-bond donors (Lipinski definition) is 0. The van der Waals surface area contributed by atoms with Crippen LogP contribution in [-0.4, -0.2) is 11.6 Å². The average Bonchev–Trinajstić information content (AvgIpc) is 2.50. The van der Waals surface area contributed by atoms with Crippen LogP contribution in [0, 0.1) is 57.7 Å². The van der Waals surface area contributed by atoms with Crippen molar-refractivity contribution < 1.29 is 0 Å². The maximum Gasteiger partial charge on any atom is 0.169 e. The molecular weight excluding hydrogens is 320 g/mol. The number of nitrogens with zero attached hydrogens (tertiary/aromatic N) is 4. The molecular formula is C22H40N4. The summed E-state index contributed by atoms with van der Waals surface area (Å²) >= 11 is 0. The summed E-state index contributed by atoms with van der Waals surface area (Å²) in [6, 6.07) is 4.84. The van der Waals surface area contributed by atoms with E-state index in [4.69, 9.17) is 5.11 Å². The van der Waals surface area contributed by atoms with Gasteiger partial charge in [-0.25, -0.2) is 0 Å². The molecule has 0 N–H and O–H groups in total. The highest BCUT2D eigenvalue weighted by Gasteiger charge is 2.45. The van der Waals surface area contributed by atoms with E-state index in [1.807, 2.05) is 13.8 Å². The van der Waals surface area contributed by atoms with Crippen molar-refractivity contribution in [2.45, 2.75) is 93.7 Å². The second-order valence-electron chi connectivity index (χ2n) is 9.60. The van der Waals surface area contributed by atoms with Crippen LogP contribution in [0.15, 0.2) is 10.2 Å². The van der Waals surface area contributed by atoms with Gasteiger partial charge in [0, 0.05) is 0 Å². The molecule has 148 valence electrons. The largest absolute Gasteiger partial charge is 0.198 e. The normalized spacial score (nSPS) is 18.3. The first kappa shape index (κ1) is 24.6. The highest BCUT2D eigenvalue weighted by Crippen LogP contribution is 2.43. The Balaban J connectivity index is 6.20. The zero-order valence-corrected chi connectivity index (χ0v) is 18.7. The molecule has 3 atom stereocenters.